The summed E-state index contributed by atoms with van der Waals surface area (Å²) in [5.41, 5.74) is 0. The van der Waals surface area contributed by atoms with Crippen molar-refractivity contribution in [3.05, 3.63) is 24.3 Å². The number of carbonyl (C=O) groups is 8. The predicted octanol–water partition coefficient (Wildman–Crippen LogP) is -1.16. The minimum absolute atomic E-state index is 0.0234. The van der Waals surface area contributed by atoms with Crippen LogP contribution in [0.4, 0.5) is 0 Å². The van der Waals surface area contributed by atoms with Crippen molar-refractivity contribution in [3.63, 3.8) is 0 Å². The first kappa shape index (κ1) is 23.7. The van der Waals surface area contributed by atoms with Crippen molar-refractivity contribution >= 4 is 47.1 Å². The minimum atomic E-state index is -0.952. The van der Waals surface area contributed by atoms with Gasteiger partial charge in [0.25, 0.3) is 23.6 Å². The summed E-state index contributed by atoms with van der Waals surface area (Å²) in [5.74, 6) is -5.49. The minimum Gasteiger partial charge on any atom is -0.341 e. The van der Waals surface area contributed by atoms with Crippen molar-refractivity contribution in [1.29, 1.82) is 0 Å². The molecule has 33 heavy (non-hydrogen) atoms. The van der Waals surface area contributed by atoms with Crippen LogP contribution in [-0.2, 0) is 43.2 Å². The van der Waals surface area contributed by atoms with Crippen molar-refractivity contribution < 1.29 is 43.2 Å². The molecule has 1 saturated heterocycles. The zero-order chi connectivity index (χ0) is 24.1. The van der Waals surface area contributed by atoms with Crippen LogP contribution in [0, 0.1) is 5.92 Å². The van der Waals surface area contributed by atoms with E-state index in [9.17, 15) is 38.4 Å². The summed E-state index contributed by atoms with van der Waals surface area (Å²) >= 11 is 0. The zero-order valence-corrected chi connectivity index (χ0v) is 17.6. The van der Waals surface area contributed by atoms with Gasteiger partial charge in [0.05, 0.1) is 12.3 Å². The number of allylic oxidation sites excluding steroid dienone is 2. The Balaban J connectivity index is 1.56. The van der Waals surface area contributed by atoms with E-state index in [2.05, 4.69) is 0 Å². The quantitative estimate of drug-likeness (QED) is 0.290. The monoisotopic (exact) mass is 459 g/mol. The summed E-state index contributed by atoms with van der Waals surface area (Å²) in [4.78, 5) is 102. The van der Waals surface area contributed by atoms with Crippen molar-refractivity contribution in [1.82, 2.24) is 14.9 Å². The lowest BCUT2D eigenvalue weighted by molar-refractivity contribution is -0.197. The third-order valence-electron chi connectivity index (χ3n) is 5.38. The van der Waals surface area contributed by atoms with Crippen LogP contribution in [0.15, 0.2) is 24.3 Å². The summed E-state index contributed by atoms with van der Waals surface area (Å²) in [7, 11) is 0. The zero-order valence-electron chi connectivity index (χ0n) is 17.6. The number of hydroxylamine groups is 2. The van der Waals surface area contributed by atoms with Crippen molar-refractivity contribution in [3.8, 4) is 0 Å². The van der Waals surface area contributed by atoms with E-state index in [0.29, 0.717) is 5.06 Å². The lowest BCUT2D eigenvalue weighted by Gasteiger charge is -2.26. The van der Waals surface area contributed by atoms with Gasteiger partial charge >= 0.3 is 5.97 Å². The Morgan fingerprint density at radius 3 is 2.00 bits per heavy atom. The van der Waals surface area contributed by atoms with Crippen LogP contribution in [0.25, 0.3) is 0 Å². The molecule has 0 aromatic carbocycles. The van der Waals surface area contributed by atoms with Crippen molar-refractivity contribution in [2.75, 3.05) is 19.6 Å². The largest absolute Gasteiger partial charge is 0.341 e. The second kappa shape index (κ2) is 10.1. The molecule has 5 amide bonds. The Bertz CT molecular complexity index is 899. The number of nitrogens with zero attached hydrogens (tertiary/aromatic N) is 3. The summed E-state index contributed by atoms with van der Waals surface area (Å²) < 4.78 is 0. The van der Waals surface area contributed by atoms with Gasteiger partial charge in [0.15, 0.2) is 11.6 Å². The standard InChI is InChI=1S/C21H21N3O9/c25-14-1-2-15(26)13(14)9-10-22(11-12-23-17(28)3-4-18(23)29)16(27)7-8-21(32)33-24-19(30)5-6-20(24)31/h1-4,13H,5-12H2. The summed E-state index contributed by atoms with van der Waals surface area (Å²) in [6.45, 7) is -0.203. The average molecular weight is 459 g/mol. The predicted molar refractivity (Wildman–Crippen MR) is 106 cm³/mol. The Morgan fingerprint density at radius 1 is 0.848 bits per heavy atom. The average Bonchev–Trinajstić information content (AvgIpc) is 3.39. The van der Waals surface area contributed by atoms with Crippen LogP contribution in [0.1, 0.15) is 32.1 Å². The maximum atomic E-state index is 12.7. The maximum absolute atomic E-state index is 12.7. The molecule has 2 aliphatic heterocycles. The number of ketones is 2. The van der Waals surface area contributed by atoms with E-state index in [1.165, 1.54) is 17.1 Å². The Kier molecular flexibility index (Phi) is 7.26. The summed E-state index contributed by atoms with van der Waals surface area (Å²) in [6, 6.07) is 0. The first-order valence-electron chi connectivity index (χ1n) is 10.3. The van der Waals surface area contributed by atoms with Crippen molar-refractivity contribution in [2.45, 2.75) is 32.1 Å². The lowest BCUT2D eigenvalue weighted by atomic mass is 10.0. The van der Waals surface area contributed by atoms with Gasteiger partial charge in [-0.05, 0) is 18.6 Å². The summed E-state index contributed by atoms with van der Waals surface area (Å²) in [5, 5.41) is 0.381. The SMILES string of the molecule is O=C(CCC(=O)N(CCC1C(=O)C=CC1=O)CCN1C(=O)C=CC1=O)ON1C(=O)CCC1=O. The van der Waals surface area contributed by atoms with E-state index in [1.807, 2.05) is 0 Å². The highest BCUT2D eigenvalue weighted by Gasteiger charge is 2.33. The number of hydrogen-bond donors (Lipinski definition) is 0. The molecule has 0 unspecified atom stereocenters. The molecule has 3 rings (SSSR count). The van der Waals surface area contributed by atoms with E-state index >= 15 is 0 Å². The smallest absolute Gasteiger partial charge is 0.333 e. The van der Waals surface area contributed by atoms with Gasteiger partial charge < -0.3 is 9.74 Å². The second-order valence-electron chi connectivity index (χ2n) is 7.57. The molecule has 0 bridgehead atoms. The molecule has 0 aromatic heterocycles. The molecule has 3 aliphatic rings. The lowest BCUT2D eigenvalue weighted by Crippen LogP contribution is -2.42. The van der Waals surface area contributed by atoms with Crippen LogP contribution < -0.4 is 0 Å². The number of rotatable bonds is 10. The van der Waals surface area contributed by atoms with Gasteiger partial charge in [-0.3, -0.25) is 38.5 Å². The molecule has 174 valence electrons. The molecule has 1 aliphatic carbocycles. The maximum Gasteiger partial charge on any atom is 0.333 e. The number of imide groups is 2. The number of hydrogen-bond acceptors (Lipinski definition) is 9. The highest BCUT2D eigenvalue weighted by atomic mass is 16.7. The fourth-order valence-electron chi connectivity index (χ4n) is 3.51. The Labute approximate surface area is 187 Å². The second-order valence-corrected chi connectivity index (χ2v) is 7.57. The van der Waals surface area contributed by atoms with E-state index < -0.39 is 47.8 Å². The van der Waals surface area contributed by atoms with Gasteiger partial charge in [-0.15, -0.1) is 5.06 Å². The van der Waals surface area contributed by atoms with E-state index in [4.69, 9.17) is 4.84 Å². The van der Waals surface area contributed by atoms with Gasteiger partial charge in [0.2, 0.25) is 5.91 Å². The van der Waals surface area contributed by atoms with E-state index in [1.54, 1.807) is 0 Å². The normalized spacial score (nSPS) is 18.3. The molecule has 0 saturated carbocycles. The summed E-state index contributed by atoms with van der Waals surface area (Å²) in [6.07, 6.45) is 3.69. The molecule has 0 atom stereocenters. The van der Waals surface area contributed by atoms with Crippen LogP contribution >= 0.6 is 0 Å². The fourth-order valence-corrected chi connectivity index (χ4v) is 3.51. The van der Waals surface area contributed by atoms with Gasteiger partial charge in [-0.1, -0.05) is 0 Å². The first-order chi connectivity index (χ1) is 15.7. The fraction of sp³-hybridized carbons (Fsp3) is 0.429. The van der Waals surface area contributed by atoms with Gasteiger partial charge in [-0.2, -0.15) is 0 Å². The number of carbonyl (C=O) groups excluding carboxylic acids is 8. The van der Waals surface area contributed by atoms with Crippen LogP contribution in [0.2, 0.25) is 0 Å². The van der Waals surface area contributed by atoms with Crippen LogP contribution in [0.5, 0.6) is 0 Å². The molecule has 0 aromatic rings. The number of amides is 5. The molecule has 12 heteroatoms. The highest BCUT2D eigenvalue weighted by Crippen LogP contribution is 2.17. The highest BCUT2D eigenvalue weighted by molar-refractivity contribution is 6.18. The topological polar surface area (TPSA) is 156 Å². The molecule has 0 radical (unpaired) electrons. The molecule has 2 heterocycles. The molecule has 0 spiro atoms. The molecule has 12 nitrogen and oxygen atoms in total. The van der Waals surface area contributed by atoms with E-state index in [-0.39, 0.29) is 56.9 Å². The first-order valence-corrected chi connectivity index (χ1v) is 10.3. The van der Waals surface area contributed by atoms with Gasteiger partial charge in [-0.25, -0.2) is 4.79 Å². The van der Waals surface area contributed by atoms with Crippen LogP contribution in [-0.4, -0.2) is 81.6 Å². The molecule has 1 fully saturated rings. The Morgan fingerprint density at radius 2 is 1.42 bits per heavy atom. The van der Waals surface area contributed by atoms with Gasteiger partial charge in [0, 0.05) is 51.0 Å². The third-order valence-corrected chi connectivity index (χ3v) is 5.38. The third kappa shape index (κ3) is 5.64. The van der Waals surface area contributed by atoms with Gasteiger partial charge in [0.1, 0.15) is 0 Å². The van der Waals surface area contributed by atoms with Crippen LogP contribution in [0.3, 0.4) is 0 Å². The molecular weight excluding hydrogens is 438 g/mol. The Hall–Kier alpha value is -3.96. The van der Waals surface area contributed by atoms with E-state index in [0.717, 1.165) is 17.1 Å². The molecule has 0 N–H and O–H groups in total. The molecular formula is C21H21N3O9. The van der Waals surface area contributed by atoms with Crippen molar-refractivity contribution in [2.24, 2.45) is 5.92 Å².